The number of aryl methyl sites for hydroxylation is 1. The average molecular weight is 449 g/mol. The number of pyridine rings is 1. The third-order valence-corrected chi connectivity index (χ3v) is 5.76. The number of carboxylic acid groups (broad SMARTS) is 1. The van der Waals surface area contributed by atoms with Gasteiger partial charge in [0.05, 0.1) is 11.8 Å². The predicted octanol–water partition coefficient (Wildman–Crippen LogP) is 5.24. The molecule has 4 rings (SSSR count). The molecule has 168 valence electrons. The fraction of sp³-hybridized carbons (Fsp3) is 0.318. The average Bonchev–Trinajstić information content (AvgIpc) is 3.17. The van der Waals surface area contributed by atoms with Gasteiger partial charge in [-0.2, -0.15) is 13.2 Å². The Bertz CT molecular complexity index is 1170. The van der Waals surface area contributed by atoms with E-state index in [1.54, 1.807) is 19.1 Å². The van der Waals surface area contributed by atoms with Crippen LogP contribution in [-0.2, 0) is 11.0 Å². The molecule has 0 bridgehead atoms. The van der Waals surface area contributed by atoms with Gasteiger partial charge in [-0.1, -0.05) is 12.5 Å². The van der Waals surface area contributed by atoms with Crippen molar-refractivity contribution in [3.63, 3.8) is 0 Å². The maximum Gasteiger partial charge on any atom is 0.432 e. The van der Waals surface area contributed by atoms with E-state index in [-0.39, 0.29) is 23.9 Å². The van der Waals surface area contributed by atoms with Crippen LogP contribution in [0.2, 0.25) is 0 Å². The van der Waals surface area contributed by atoms with Crippen LogP contribution in [0.3, 0.4) is 0 Å². The fourth-order valence-electron chi connectivity index (χ4n) is 3.62. The number of carbonyl (C=O) groups is 1. The Labute approximate surface area is 180 Å². The molecule has 0 radical (unpaired) electrons. The van der Waals surface area contributed by atoms with E-state index >= 15 is 0 Å². The fourth-order valence-corrected chi connectivity index (χ4v) is 3.62. The number of hydrogen-bond acceptors (Lipinski definition) is 4. The van der Waals surface area contributed by atoms with Crippen LogP contribution in [0.4, 0.5) is 17.6 Å². The summed E-state index contributed by atoms with van der Waals surface area (Å²) >= 11 is 0. The van der Waals surface area contributed by atoms with Crippen LogP contribution in [0.15, 0.2) is 36.7 Å². The van der Waals surface area contributed by atoms with Crippen molar-refractivity contribution >= 4 is 5.97 Å². The van der Waals surface area contributed by atoms with Gasteiger partial charge in [0.1, 0.15) is 29.4 Å². The quantitative estimate of drug-likeness (QED) is 0.503. The second-order valence-corrected chi connectivity index (χ2v) is 7.90. The van der Waals surface area contributed by atoms with Crippen molar-refractivity contribution in [3.05, 3.63) is 53.7 Å². The number of aromatic nitrogens is 3. The first-order valence-corrected chi connectivity index (χ1v) is 9.84. The van der Waals surface area contributed by atoms with Gasteiger partial charge in [0.15, 0.2) is 0 Å². The number of benzene rings is 1. The first-order chi connectivity index (χ1) is 15.1. The van der Waals surface area contributed by atoms with Crippen LogP contribution in [0, 0.1) is 18.2 Å². The molecule has 0 atom stereocenters. The highest BCUT2D eigenvalue weighted by molar-refractivity contribution is 5.76. The van der Waals surface area contributed by atoms with E-state index in [0.29, 0.717) is 30.2 Å². The van der Waals surface area contributed by atoms with Gasteiger partial charge in [-0.05, 0) is 43.0 Å². The Morgan fingerprint density at radius 1 is 1.19 bits per heavy atom. The highest BCUT2D eigenvalue weighted by Gasteiger charge is 2.45. The van der Waals surface area contributed by atoms with Gasteiger partial charge >= 0.3 is 12.1 Å². The summed E-state index contributed by atoms with van der Waals surface area (Å²) in [4.78, 5) is 21.3. The van der Waals surface area contributed by atoms with Gasteiger partial charge in [-0.3, -0.25) is 4.79 Å². The third kappa shape index (κ3) is 4.04. The van der Waals surface area contributed by atoms with Crippen molar-refractivity contribution in [2.75, 3.05) is 6.61 Å². The highest BCUT2D eigenvalue weighted by atomic mass is 19.4. The Kier molecular flexibility index (Phi) is 5.39. The van der Waals surface area contributed by atoms with Crippen LogP contribution in [0.5, 0.6) is 5.88 Å². The van der Waals surface area contributed by atoms with Gasteiger partial charge < -0.3 is 14.8 Å². The third-order valence-electron chi connectivity index (χ3n) is 5.76. The minimum atomic E-state index is -4.60. The van der Waals surface area contributed by atoms with E-state index in [4.69, 9.17) is 4.74 Å². The maximum atomic E-state index is 14.7. The van der Waals surface area contributed by atoms with Crippen molar-refractivity contribution < 1.29 is 32.2 Å². The molecule has 1 aliphatic carbocycles. The molecule has 0 saturated heterocycles. The first kappa shape index (κ1) is 21.8. The summed E-state index contributed by atoms with van der Waals surface area (Å²) in [6, 6.07) is 5.74. The Hall–Kier alpha value is -3.43. The SMILES string of the molecule is Cc1cc(OCC2(C(=O)O)CCC2)ncc1-c1ccc(-c2ncc(C(F)(F)F)[nH]2)c(F)c1. The molecule has 0 amide bonds. The number of alkyl halides is 3. The number of nitrogens with zero attached hydrogens (tertiary/aromatic N) is 2. The minimum absolute atomic E-state index is 0.0283. The number of aromatic amines is 1. The van der Waals surface area contributed by atoms with Crippen molar-refractivity contribution in [1.29, 1.82) is 0 Å². The van der Waals surface area contributed by atoms with Gasteiger partial charge in [-0.15, -0.1) is 0 Å². The number of nitrogens with one attached hydrogen (secondary N) is 1. The summed E-state index contributed by atoms with van der Waals surface area (Å²) in [5, 5.41) is 9.38. The zero-order valence-corrected chi connectivity index (χ0v) is 17.0. The number of rotatable bonds is 6. The van der Waals surface area contributed by atoms with Gasteiger partial charge in [-0.25, -0.2) is 14.4 Å². The summed E-state index contributed by atoms with van der Waals surface area (Å²) in [6.45, 7) is 1.80. The van der Waals surface area contributed by atoms with Crippen LogP contribution in [0.25, 0.3) is 22.5 Å². The van der Waals surface area contributed by atoms with E-state index in [1.165, 1.54) is 18.3 Å². The van der Waals surface area contributed by atoms with Crippen LogP contribution in [0.1, 0.15) is 30.5 Å². The first-order valence-electron chi connectivity index (χ1n) is 9.84. The standard InChI is InChI=1S/C22H19F4N3O3/c1-12-7-18(32-11-21(20(30)31)5-2-6-21)27-9-15(12)13-3-4-14(16(23)8-13)19-28-10-17(29-19)22(24,25)26/h3-4,7-10H,2,5-6,11H2,1H3,(H,28,29)(H,30,31). The molecule has 6 nitrogen and oxygen atoms in total. The number of carboxylic acids is 1. The molecule has 3 aromatic rings. The smallest absolute Gasteiger partial charge is 0.432 e. The lowest BCUT2D eigenvalue weighted by Gasteiger charge is -2.36. The van der Waals surface area contributed by atoms with Gasteiger partial charge in [0.25, 0.3) is 0 Å². The lowest BCUT2D eigenvalue weighted by atomic mass is 9.69. The molecular formula is C22H19F4N3O3. The molecule has 0 unspecified atom stereocenters. The lowest BCUT2D eigenvalue weighted by molar-refractivity contribution is -0.157. The molecule has 10 heteroatoms. The number of ether oxygens (including phenoxy) is 1. The zero-order chi connectivity index (χ0) is 23.1. The predicted molar refractivity (Wildman–Crippen MR) is 106 cm³/mol. The van der Waals surface area contributed by atoms with Crippen LogP contribution >= 0.6 is 0 Å². The van der Waals surface area contributed by atoms with Crippen molar-refractivity contribution in [2.45, 2.75) is 32.4 Å². The van der Waals surface area contributed by atoms with Crippen LogP contribution in [-0.4, -0.2) is 32.6 Å². The van der Waals surface area contributed by atoms with E-state index < -0.39 is 29.1 Å². The number of aliphatic carboxylic acids is 1. The van der Waals surface area contributed by atoms with Crippen molar-refractivity contribution in [2.24, 2.45) is 5.41 Å². The minimum Gasteiger partial charge on any atom is -0.481 e. The van der Waals surface area contributed by atoms with E-state index in [1.807, 2.05) is 0 Å². The zero-order valence-electron chi connectivity index (χ0n) is 17.0. The summed E-state index contributed by atoms with van der Waals surface area (Å²) in [5.41, 5.74) is -0.211. The Morgan fingerprint density at radius 2 is 1.94 bits per heavy atom. The largest absolute Gasteiger partial charge is 0.481 e. The summed E-state index contributed by atoms with van der Waals surface area (Å²) < 4.78 is 58.5. The maximum absolute atomic E-state index is 14.7. The van der Waals surface area contributed by atoms with Crippen LogP contribution < -0.4 is 4.74 Å². The molecule has 1 aliphatic rings. The summed E-state index contributed by atoms with van der Waals surface area (Å²) in [6.07, 6.45) is -0.527. The van der Waals surface area contributed by atoms with Gasteiger partial charge in [0, 0.05) is 17.8 Å². The molecule has 1 aromatic carbocycles. The second kappa shape index (κ2) is 7.92. The highest BCUT2D eigenvalue weighted by Crippen LogP contribution is 2.41. The molecule has 2 N–H and O–H groups in total. The lowest BCUT2D eigenvalue weighted by Crippen LogP contribution is -2.43. The molecule has 0 aliphatic heterocycles. The van der Waals surface area contributed by atoms with Crippen molar-refractivity contribution in [1.82, 2.24) is 15.0 Å². The summed E-state index contributed by atoms with van der Waals surface area (Å²) in [7, 11) is 0. The molecule has 2 heterocycles. The number of hydrogen-bond donors (Lipinski definition) is 2. The normalized spacial score (nSPS) is 15.3. The number of imidazole rings is 1. The Morgan fingerprint density at radius 3 is 2.47 bits per heavy atom. The van der Waals surface area contributed by atoms with E-state index in [2.05, 4.69) is 15.0 Å². The van der Waals surface area contributed by atoms with E-state index in [0.717, 1.165) is 12.0 Å². The molecule has 1 saturated carbocycles. The summed E-state index contributed by atoms with van der Waals surface area (Å²) in [5.74, 6) is -1.57. The van der Waals surface area contributed by atoms with E-state index in [9.17, 15) is 27.5 Å². The van der Waals surface area contributed by atoms with Gasteiger partial charge in [0.2, 0.25) is 5.88 Å². The topological polar surface area (TPSA) is 88.1 Å². The molecule has 0 spiro atoms. The molecule has 1 fully saturated rings. The molecular weight excluding hydrogens is 430 g/mol. The number of halogens is 4. The monoisotopic (exact) mass is 449 g/mol. The van der Waals surface area contributed by atoms with Crippen molar-refractivity contribution in [3.8, 4) is 28.4 Å². The molecule has 32 heavy (non-hydrogen) atoms. The molecule has 2 aromatic heterocycles. The number of H-pyrrole nitrogens is 1. The Balaban J connectivity index is 1.53. The second-order valence-electron chi connectivity index (χ2n) is 7.90.